The summed E-state index contributed by atoms with van der Waals surface area (Å²) in [4.78, 5) is 11.2. The second-order valence-corrected chi connectivity index (χ2v) is 3.86. The van der Waals surface area contributed by atoms with Gasteiger partial charge in [0, 0.05) is 13.0 Å². The Morgan fingerprint density at radius 1 is 1.31 bits per heavy atom. The van der Waals surface area contributed by atoms with Crippen LogP contribution in [0.4, 0.5) is 13.2 Å². The fourth-order valence-corrected chi connectivity index (χ4v) is 1.83. The molecule has 0 aliphatic heterocycles. The average Bonchev–Trinajstić information content (AvgIpc) is 3.04. The minimum atomic E-state index is -1.47. The van der Waals surface area contributed by atoms with Gasteiger partial charge in [-0.3, -0.25) is 4.79 Å². The molecule has 1 aromatic carbocycles. The molecule has 2 nitrogen and oxygen atoms in total. The van der Waals surface area contributed by atoms with E-state index in [0.717, 1.165) is 12.1 Å². The summed E-state index contributed by atoms with van der Waals surface area (Å²) in [7, 11) is 1.50. The first-order valence-electron chi connectivity index (χ1n) is 4.90. The fraction of sp³-hybridized carbons (Fsp3) is 0.364. The standard InChI is InChI=1S/C11H10F3NO/c1-15-11(16)7-4-6(7)5-2-8(12)10(14)9(13)3-5/h2-3,6-7H,4H2,1H3,(H,15,16)/t6-,7+/m0/s1. The molecule has 1 N–H and O–H groups in total. The quantitative estimate of drug-likeness (QED) is 0.771. The summed E-state index contributed by atoms with van der Waals surface area (Å²) in [6.45, 7) is 0. The van der Waals surface area contributed by atoms with E-state index in [9.17, 15) is 18.0 Å². The predicted molar refractivity (Wildman–Crippen MR) is 51.2 cm³/mol. The lowest BCUT2D eigenvalue weighted by molar-refractivity contribution is -0.121. The van der Waals surface area contributed by atoms with Gasteiger partial charge in [0.2, 0.25) is 5.91 Å². The van der Waals surface area contributed by atoms with Crippen LogP contribution in [-0.4, -0.2) is 13.0 Å². The van der Waals surface area contributed by atoms with E-state index in [0.29, 0.717) is 12.0 Å². The second-order valence-electron chi connectivity index (χ2n) is 3.86. The molecule has 16 heavy (non-hydrogen) atoms. The zero-order chi connectivity index (χ0) is 11.9. The lowest BCUT2D eigenvalue weighted by Gasteiger charge is -2.02. The van der Waals surface area contributed by atoms with Crippen molar-refractivity contribution in [1.29, 1.82) is 0 Å². The van der Waals surface area contributed by atoms with Crippen LogP contribution in [-0.2, 0) is 4.79 Å². The number of halogens is 3. The summed E-state index contributed by atoms with van der Waals surface area (Å²) in [5.74, 6) is -4.51. The second kappa shape index (κ2) is 3.81. The lowest BCUT2D eigenvalue weighted by Crippen LogP contribution is -2.20. The zero-order valence-corrected chi connectivity index (χ0v) is 8.56. The van der Waals surface area contributed by atoms with Gasteiger partial charge in [-0.05, 0) is 30.0 Å². The molecule has 1 saturated carbocycles. The molecule has 2 atom stereocenters. The minimum absolute atomic E-state index is 0.157. The Bertz CT molecular complexity index is 424. The van der Waals surface area contributed by atoms with Crippen molar-refractivity contribution in [2.75, 3.05) is 7.05 Å². The molecule has 86 valence electrons. The third-order valence-corrected chi connectivity index (χ3v) is 2.81. The summed E-state index contributed by atoms with van der Waals surface area (Å²) in [6.07, 6.45) is 0.546. The van der Waals surface area contributed by atoms with Crippen LogP contribution >= 0.6 is 0 Å². The summed E-state index contributed by atoms with van der Waals surface area (Å²) in [6, 6.07) is 1.90. The molecule has 0 spiro atoms. The summed E-state index contributed by atoms with van der Waals surface area (Å²) < 4.78 is 38.5. The normalized spacial score (nSPS) is 23.0. The van der Waals surface area contributed by atoms with Crippen LogP contribution in [0.3, 0.4) is 0 Å². The van der Waals surface area contributed by atoms with E-state index in [1.54, 1.807) is 0 Å². The van der Waals surface area contributed by atoms with Gasteiger partial charge in [-0.1, -0.05) is 0 Å². The molecule has 0 bridgehead atoms. The monoisotopic (exact) mass is 229 g/mol. The Balaban J connectivity index is 2.22. The van der Waals surface area contributed by atoms with Crippen molar-refractivity contribution in [3.8, 4) is 0 Å². The number of nitrogens with one attached hydrogen (secondary N) is 1. The summed E-state index contributed by atoms with van der Waals surface area (Å²) in [5, 5.41) is 2.47. The van der Waals surface area contributed by atoms with Crippen molar-refractivity contribution in [2.45, 2.75) is 12.3 Å². The maximum atomic E-state index is 12.9. The van der Waals surface area contributed by atoms with Gasteiger partial charge in [-0.25, -0.2) is 13.2 Å². The number of rotatable bonds is 2. The van der Waals surface area contributed by atoms with Gasteiger partial charge in [0.15, 0.2) is 17.5 Å². The predicted octanol–water partition coefficient (Wildman–Crippen LogP) is 1.95. The first kappa shape index (κ1) is 11.0. The van der Waals surface area contributed by atoms with Crippen LogP contribution in [0, 0.1) is 23.4 Å². The van der Waals surface area contributed by atoms with Crippen molar-refractivity contribution in [3.63, 3.8) is 0 Å². The molecule has 1 amide bonds. The van der Waals surface area contributed by atoms with Gasteiger partial charge >= 0.3 is 0 Å². The maximum absolute atomic E-state index is 12.9. The van der Waals surface area contributed by atoms with Gasteiger partial charge in [0.05, 0.1) is 0 Å². The van der Waals surface area contributed by atoms with Crippen molar-refractivity contribution < 1.29 is 18.0 Å². The highest BCUT2D eigenvalue weighted by Crippen LogP contribution is 2.47. The Labute approximate surface area is 90.5 Å². The van der Waals surface area contributed by atoms with Crippen LogP contribution in [0.5, 0.6) is 0 Å². The highest BCUT2D eigenvalue weighted by atomic mass is 19.2. The number of benzene rings is 1. The molecule has 0 heterocycles. The molecular formula is C11H10F3NO. The lowest BCUT2D eigenvalue weighted by atomic mass is 10.1. The Morgan fingerprint density at radius 3 is 2.38 bits per heavy atom. The highest BCUT2D eigenvalue weighted by molar-refractivity contribution is 5.82. The number of carbonyl (C=O) groups excluding carboxylic acids is 1. The molecule has 0 saturated heterocycles. The zero-order valence-electron chi connectivity index (χ0n) is 8.56. The SMILES string of the molecule is CNC(=O)[C@@H]1C[C@H]1c1cc(F)c(F)c(F)c1. The van der Waals surface area contributed by atoms with E-state index in [2.05, 4.69) is 5.32 Å². The number of carbonyl (C=O) groups is 1. The van der Waals surface area contributed by atoms with Crippen LogP contribution < -0.4 is 5.32 Å². The first-order valence-corrected chi connectivity index (χ1v) is 4.90. The number of amides is 1. The van der Waals surface area contributed by atoms with Gasteiger partial charge in [-0.15, -0.1) is 0 Å². The molecule has 1 fully saturated rings. The Hall–Kier alpha value is -1.52. The third kappa shape index (κ3) is 1.77. The van der Waals surface area contributed by atoms with Crippen molar-refractivity contribution >= 4 is 5.91 Å². The largest absolute Gasteiger partial charge is 0.359 e. The van der Waals surface area contributed by atoms with Crippen LogP contribution in [0.1, 0.15) is 17.9 Å². The van der Waals surface area contributed by atoms with Gasteiger partial charge in [0.25, 0.3) is 0 Å². The van der Waals surface area contributed by atoms with Crippen molar-refractivity contribution in [1.82, 2.24) is 5.32 Å². The van der Waals surface area contributed by atoms with E-state index < -0.39 is 17.5 Å². The van der Waals surface area contributed by atoms with E-state index in [4.69, 9.17) is 0 Å². The topological polar surface area (TPSA) is 29.1 Å². The van der Waals surface area contributed by atoms with E-state index >= 15 is 0 Å². The van der Waals surface area contributed by atoms with Crippen molar-refractivity contribution in [3.05, 3.63) is 35.1 Å². The smallest absolute Gasteiger partial charge is 0.223 e. The van der Waals surface area contributed by atoms with Crippen LogP contribution in [0.2, 0.25) is 0 Å². The maximum Gasteiger partial charge on any atom is 0.223 e. The molecule has 1 aromatic rings. The Kier molecular flexibility index (Phi) is 2.61. The fourth-order valence-electron chi connectivity index (χ4n) is 1.83. The molecule has 1 aliphatic rings. The number of hydrogen-bond donors (Lipinski definition) is 1. The molecule has 5 heteroatoms. The minimum Gasteiger partial charge on any atom is -0.359 e. The van der Waals surface area contributed by atoms with E-state index in [1.807, 2.05) is 0 Å². The van der Waals surface area contributed by atoms with Gasteiger partial charge in [0.1, 0.15) is 0 Å². The highest BCUT2D eigenvalue weighted by Gasteiger charge is 2.44. The Morgan fingerprint density at radius 2 is 1.88 bits per heavy atom. The first-order chi connectivity index (χ1) is 7.54. The van der Waals surface area contributed by atoms with Gasteiger partial charge in [-0.2, -0.15) is 0 Å². The molecule has 0 unspecified atom stereocenters. The van der Waals surface area contributed by atoms with Crippen LogP contribution in [0.15, 0.2) is 12.1 Å². The van der Waals surface area contributed by atoms with E-state index in [-0.39, 0.29) is 17.7 Å². The molecule has 1 aliphatic carbocycles. The van der Waals surface area contributed by atoms with Crippen LogP contribution in [0.25, 0.3) is 0 Å². The van der Waals surface area contributed by atoms with Gasteiger partial charge < -0.3 is 5.32 Å². The third-order valence-electron chi connectivity index (χ3n) is 2.81. The molecule has 0 radical (unpaired) electrons. The molecule has 0 aromatic heterocycles. The van der Waals surface area contributed by atoms with E-state index in [1.165, 1.54) is 7.05 Å². The average molecular weight is 229 g/mol. The summed E-state index contributed by atoms with van der Waals surface area (Å²) >= 11 is 0. The van der Waals surface area contributed by atoms with Crippen molar-refractivity contribution in [2.24, 2.45) is 5.92 Å². The molecular weight excluding hydrogens is 219 g/mol. The number of hydrogen-bond acceptors (Lipinski definition) is 1. The summed E-state index contributed by atoms with van der Waals surface area (Å²) in [5.41, 5.74) is 0.338. The molecule has 2 rings (SSSR count).